The average Bonchev–Trinajstić information content (AvgIpc) is 3.15. The van der Waals surface area contributed by atoms with Crippen LogP contribution < -0.4 is 5.32 Å². The van der Waals surface area contributed by atoms with E-state index in [9.17, 15) is 4.79 Å². The first-order valence-corrected chi connectivity index (χ1v) is 8.19. The summed E-state index contributed by atoms with van der Waals surface area (Å²) in [5, 5.41) is 2.87. The minimum atomic E-state index is -0.0900. The number of amides is 1. The van der Waals surface area contributed by atoms with Crippen molar-refractivity contribution in [3.8, 4) is 10.4 Å². The highest BCUT2D eigenvalue weighted by molar-refractivity contribution is 7.16. The molecule has 4 heteroatoms. The van der Waals surface area contributed by atoms with Crippen LogP contribution in [0, 0.1) is 6.92 Å². The summed E-state index contributed by atoms with van der Waals surface area (Å²) in [6.07, 6.45) is 1.92. The minimum Gasteiger partial charge on any atom is -0.320 e. The summed E-state index contributed by atoms with van der Waals surface area (Å²) >= 11 is 1.67. The molecule has 1 aliphatic rings. The molecule has 0 bridgehead atoms. The Labute approximate surface area is 138 Å². The zero-order valence-corrected chi connectivity index (χ0v) is 13.4. The number of nitrogens with zero attached hydrogens (tertiary/aromatic N) is 1. The van der Waals surface area contributed by atoms with Gasteiger partial charge in [0.05, 0.1) is 17.0 Å². The number of carbonyl (C=O) groups excluding carboxylic acids is 1. The van der Waals surface area contributed by atoms with Gasteiger partial charge in [-0.05, 0) is 42.8 Å². The normalized spacial score (nSPS) is 14.8. The average molecular weight is 318 g/mol. The molecule has 1 amide bonds. The number of rotatable bonds is 2. The molecule has 3 heterocycles. The van der Waals surface area contributed by atoms with E-state index in [2.05, 4.69) is 28.5 Å². The summed E-state index contributed by atoms with van der Waals surface area (Å²) in [7, 11) is 0. The van der Waals surface area contributed by atoms with Crippen molar-refractivity contribution >= 4 is 34.6 Å². The van der Waals surface area contributed by atoms with Gasteiger partial charge in [-0.25, -0.2) is 0 Å². The Morgan fingerprint density at radius 2 is 1.87 bits per heavy atom. The van der Waals surface area contributed by atoms with E-state index in [0.29, 0.717) is 5.57 Å². The fourth-order valence-corrected chi connectivity index (χ4v) is 3.58. The summed E-state index contributed by atoms with van der Waals surface area (Å²) in [4.78, 5) is 18.9. The van der Waals surface area contributed by atoms with E-state index in [1.165, 1.54) is 10.4 Å². The highest BCUT2D eigenvalue weighted by Gasteiger charge is 2.25. The number of pyridine rings is 1. The lowest BCUT2D eigenvalue weighted by Crippen LogP contribution is -2.03. The lowest BCUT2D eigenvalue weighted by molar-refractivity contribution is -0.110. The Balaban J connectivity index is 1.73. The number of carbonyl (C=O) groups is 1. The molecule has 2 aromatic heterocycles. The van der Waals surface area contributed by atoms with E-state index in [4.69, 9.17) is 0 Å². The van der Waals surface area contributed by atoms with Crippen LogP contribution in [0.3, 0.4) is 0 Å². The molecule has 0 radical (unpaired) electrons. The number of fused-ring (bicyclic) bond motifs is 1. The molecule has 0 spiro atoms. The Hall–Kier alpha value is -2.72. The summed E-state index contributed by atoms with van der Waals surface area (Å²) in [6.45, 7) is 1.93. The Morgan fingerprint density at radius 1 is 1.04 bits per heavy atom. The topological polar surface area (TPSA) is 42.0 Å². The molecule has 0 fully saturated rings. The van der Waals surface area contributed by atoms with Gasteiger partial charge in [0.2, 0.25) is 0 Å². The standard InChI is InChI=1S/C19H14N2OS/c1-12-7-9-16-18(20-12)15(19(22)21-16)11-14-8-10-17(23-14)13-5-3-2-4-6-13/h2-11H,1H3,(H,21,22). The summed E-state index contributed by atoms with van der Waals surface area (Å²) in [5.41, 5.74) is 4.25. The maximum Gasteiger partial charge on any atom is 0.258 e. The van der Waals surface area contributed by atoms with Crippen molar-refractivity contribution in [3.63, 3.8) is 0 Å². The van der Waals surface area contributed by atoms with Gasteiger partial charge in [0.1, 0.15) is 0 Å². The van der Waals surface area contributed by atoms with Gasteiger partial charge in [0.25, 0.3) is 5.91 Å². The van der Waals surface area contributed by atoms with Crippen LogP contribution in [0.4, 0.5) is 5.69 Å². The van der Waals surface area contributed by atoms with Gasteiger partial charge in [-0.15, -0.1) is 11.3 Å². The van der Waals surface area contributed by atoms with Crippen LogP contribution in [0.15, 0.2) is 54.6 Å². The van der Waals surface area contributed by atoms with Crippen molar-refractivity contribution in [3.05, 3.63) is 70.9 Å². The third-order valence-corrected chi connectivity index (χ3v) is 4.84. The quantitative estimate of drug-likeness (QED) is 0.701. The van der Waals surface area contributed by atoms with E-state index in [0.717, 1.165) is 22.0 Å². The number of hydrogen-bond acceptors (Lipinski definition) is 3. The van der Waals surface area contributed by atoms with Gasteiger partial charge in [-0.1, -0.05) is 30.3 Å². The smallest absolute Gasteiger partial charge is 0.258 e. The molecule has 0 atom stereocenters. The molecule has 112 valence electrons. The Kier molecular flexibility index (Phi) is 3.32. The maximum absolute atomic E-state index is 12.2. The second kappa shape index (κ2) is 5.48. The van der Waals surface area contributed by atoms with Crippen molar-refractivity contribution in [1.29, 1.82) is 0 Å². The molecule has 3 aromatic rings. The van der Waals surface area contributed by atoms with E-state index < -0.39 is 0 Å². The lowest BCUT2D eigenvalue weighted by atomic mass is 10.1. The molecule has 1 aromatic carbocycles. The first kappa shape index (κ1) is 13.9. The number of thiophene rings is 1. The van der Waals surface area contributed by atoms with Crippen molar-refractivity contribution in [2.45, 2.75) is 6.92 Å². The molecule has 0 aliphatic carbocycles. The highest BCUT2D eigenvalue weighted by Crippen LogP contribution is 2.34. The zero-order valence-electron chi connectivity index (χ0n) is 12.5. The summed E-state index contributed by atoms with van der Waals surface area (Å²) in [6, 6.07) is 18.2. The molecule has 0 saturated carbocycles. The SMILES string of the molecule is Cc1ccc2c(n1)C(=Cc1ccc(-c3ccccc3)s1)C(=O)N2. The number of hydrogen-bond donors (Lipinski definition) is 1. The van der Waals surface area contributed by atoms with Crippen molar-refractivity contribution in [2.24, 2.45) is 0 Å². The molecule has 1 aliphatic heterocycles. The third-order valence-electron chi connectivity index (χ3n) is 3.75. The largest absolute Gasteiger partial charge is 0.320 e. The van der Waals surface area contributed by atoms with Gasteiger partial charge < -0.3 is 5.32 Å². The van der Waals surface area contributed by atoms with Crippen LogP contribution >= 0.6 is 11.3 Å². The molecule has 1 N–H and O–H groups in total. The molecular weight excluding hydrogens is 304 g/mol. The maximum atomic E-state index is 12.2. The van der Waals surface area contributed by atoms with E-state index in [-0.39, 0.29) is 5.91 Å². The predicted octanol–water partition coefficient (Wildman–Crippen LogP) is 4.61. The third kappa shape index (κ3) is 2.58. The number of aromatic nitrogens is 1. The van der Waals surface area contributed by atoms with Crippen molar-refractivity contribution in [1.82, 2.24) is 4.98 Å². The zero-order chi connectivity index (χ0) is 15.8. The summed E-state index contributed by atoms with van der Waals surface area (Å²) < 4.78 is 0. The van der Waals surface area contributed by atoms with Gasteiger partial charge in [-0.3, -0.25) is 9.78 Å². The molecule has 3 nitrogen and oxygen atoms in total. The molecule has 23 heavy (non-hydrogen) atoms. The van der Waals surface area contributed by atoms with Crippen LogP contribution in [0.1, 0.15) is 16.3 Å². The molecule has 0 saturated heterocycles. The highest BCUT2D eigenvalue weighted by atomic mass is 32.1. The fourth-order valence-electron chi connectivity index (χ4n) is 2.62. The first-order valence-electron chi connectivity index (χ1n) is 7.37. The van der Waals surface area contributed by atoms with E-state index >= 15 is 0 Å². The van der Waals surface area contributed by atoms with Crippen molar-refractivity contribution < 1.29 is 4.79 Å². The number of anilines is 1. The van der Waals surface area contributed by atoms with Crippen molar-refractivity contribution in [2.75, 3.05) is 5.32 Å². The molecule has 0 unspecified atom stereocenters. The Morgan fingerprint density at radius 3 is 2.70 bits per heavy atom. The Bertz CT molecular complexity index is 926. The van der Waals surface area contributed by atoms with Crippen LogP contribution in [-0.2, 0) is 4.79 Å². The minimum absolute atomic E-state index is 0.0900. The van der Waals surface area contributed by atoms with Gasteiger partial charge in [-0.2, -0.15) is 0 Å². The van der Waals surface area contributed by atoms with Crippen LogP contribution in [0.2, 0.25) is 0 Å². The van der Waals surface area contributed by atoms with E-state index in [1.807, 2.05) is 49.4 Å². The van der Waals surface area contributed by atoms with E-state index in [1.54, 1.807) is 11.3 Å². The first-order chi connectivity index (χ1) is 11.2. The number of nitrogens with one attached hydrogen (secondary N) is 1. The second-order valence-electron chi connectivity index (χ2n) is 5.43. The number of aryl methyl sites for hydroxylation is 1. The number of benzene rings is 1. The van der Waals surface area contributed by atoms with Gasteiger partial charge in [0, 0.05) is 15.4 Å². The van der Waals surface area contributed by atoms with Gasteiger partial charge >= 0.3 is 0 Å². The fraction of sp³-hybridized carbons (Fsp3) is 0.0526. The van der Waals surface area contributed by atoms with Crippen LogP contribution in [0.5, 0.6) is 0 Å². The lowest BCUT2D eigenvalue weighted by Gasteiger charge is -1.98. The van der Waals surface area contributed by atoms with Gasteiger partial charge in [0.15, 0.2) is 0 Å². The predicted molar refractivity (Wildman–Crippen MR) is 95.2 cm³/mol. The molecule has 4 rings (SSSR count). The molecular formula is C19H14N2OS. The van der Waals surface area contributed by atoms with Crippen LogP contribution in [0.25, 0.3) is 22.1 Å². The second-order valence-corrected chi connectivity index (χ2v) is 6.54. The summed E-state index contributed by atoms with van der Waals surface area (Å²) in [5.74, 6) is -0.0900. The monoisotopic (exact) mass is 318 g/mol. The van der Waals surface area contributed by atoms with Crippen LogP contribution in [-0.4, -0.2) is 10.9 Å².